The van der Waals surface area contributed by atoms with Gasteiger partial charge in [0.05, 0.1) is 10.6 Å². The summed E-state index contributed by atoms with van der Waals surface area (Å²) < 4.78 is 1.55. The maximum absolute atomic E-state index is 11.3. The molecule has 0 aliphatic heterocycles. The number of halogens is 2. The summed E-state index contributed by atoms with van der Waals surface area (Å²) in [5.74, 6) is 0.622. The molecule has 0 spiro atoms. The highest BCUT2D eigenvalue weighted by molar-refractivity contribution is 6.36. The third kappa shape index (κ3) is 2.68. The van der Waals surface area contributed by atoms with E-state index in [2.05, 4.69) is 10.1 Å². The normalized spacial score (nSPS) is 10.6. The molecule has 0 saturated carbocycles. The first kappa shape index (κ1) is 13.8. The molecule has 1 aromatic carbocycles. The molecule has 6 heteroatoms. The van der Waals surface area contributed by atoms with Crippen LogP contribution in [0.2, 0.25) is 10.0 Å². The fourth-order valence-corrected chi connectivity index (χ4v) is 2.47. The highest BCUT2D eigenvalue weighted by Gasteiger charge is 2.15. The van der Waals surface area contributed by atoms with E-state index in [4.69, 9.17) is 23.2 Å². The van der Waals surface area contributed by atoms with Gasteiger partial charge in [-0.15, -0.1) is 0 Å². The van der Waals surface area contributed by atoms with Crippen LogP contribution in [0.3, 0.4) is 0 Å². The van der Waals surface area contributed by atoms with E-state index in [0.717, 1.165) is 6.29 Å². The fraction of sp³-hybridized carbons (Fsp3) is 0. The number of hydrogen-bond acceptors (Lipinski definition) is 3. The Balaban J connectivity index is 2.15. The predicted octanol–water partition coefficient (Wildman–Crippen LogP) is 4.05. The van der Waals surface area contributed by atoms with Crippen molar-refractivity contribution in [2.75, 3.05) is 0 Å². The number of nitrogens with zero attached hydrogens (tertiary/aromatic N) is 3. The fourth-order valence-electron chi connectivity index (χ4n) is 1.97. The zero-order valence-corrected chi connectivity index (χ0v) is 12.2. The van der Waals surface area contributed by atoms with Crippen LogP contribution >= 0.6 is 23.2 Å². The minimum atomic E-state index is 0.435. The molecule has 21 heavy (non-hydrogen) atoms. The van der Waals surface area contributed by atoms with Gasteiger partial charge in [-0.05, 0) is 30.3 Å². The Hall–Kier alpha value is -2.17. The van der Waals surface area contributed by atoms with Crippen LogP contribution in [0, 0.1) is 0 Å². The van der Waals surface area contributed by atoms with Crippen molar-refractivity contribution < 1.29 is 4.79 Å². The Morgan fingerprint density at radius 2 is 2.00 bits per heavy atom. The zero-order valence-electron chi connectivity index (χ0n) is 10.7. The van der Waals surface area contributed by atoms with Gasteiger partial charge < -0.3 is 0 Å². The third-order valence-electron chi connectivity index (χ3n) is 2.94. The maximum atomic E-state index is 11.3. The number of carbonyl (C=O) groups is 1. The lowest BCUT2D eigenvalue weighted by Gasteiger charge is -2.02. The van der Waals surface area contributed by atoms with Crippen LogP contribution in [-0.2, 0) is 0 Å². The molecule has 0 fully saturated rings. The lowest BCUT2D eigenvalue weighted by Crippen LogP contribution is -1.97. The number of hydrogen-bond donors (Lipinski definition) is 0. The summed E-state index contributed by atoms with van der Waals surface area (Å²) in [4.78, 5) is 15.5. The summed E-state index contributed by atoms with van der Waals surface area (Å²) in [6, 6.07) is 10.5. The van der Waals surface area contributed by atoms with Crippen molar-refractivity contribution in [2.45, 2.75) is 0 Å². The van der Waals surface area contributed by atoms with E-state index in [0.29, 0.717) is 32.7 Å². The van der Waals surface area contributed by atoms with Crippen molar-refractivity contribution in [1.29, 1.82) is 0 Å². The average molecular weight is 318 g/mol. The van der Waals surface area contributed by atoms with Crippen LogP contribution in [0.1, 0.15) is 10.4 Å². The second kappa shape index (κ2) is 5.68. The van der Waals surface area contributed by atoms with Gasteiger partial charge in [-0.2, -0.15) is 5.10 Å². The monoisotopic (exact) mass is 317 g/mol. The molecule has 0 aliphatic rings. The SMILES string of the molecule is O=Cc1cn(-c2ccccn2)nc1-c1ccc(Cl)cc1Cl. The first-order chi connectivity index (χ1) is 10.2. The number of rotatable bonds is 3. The molecule has 0 amide bonds. The molecule has 0 aliphatic carbocycles. The summed E-state index contributed by atoms with van der Waals surface area (Å²) in [7, 11) is 0. The predicted molar refractivity (Wildman–Crippen MR) is 82.2 cm³/mol. The van der Waals surface area contributed by atoms with Crippen LogP contribution < -0.4 is 0 Å². The molecular weight excluding hydrogens is 309 g/mol. The van der Waals surface area contributed by atoms with Gasteiger partial charge in [-0.25, -0.2) is 9.67 Å². The number of aldehydes is 1. The van der Waals surface area contributed by atoms with Crippen LogP contribution in [0.5, 0.6) is 0 Å². The van der Waals surface area contributed by atoms with Crippen molar-refractivity contribution in [3.63, 3.8) is 0 Å². The summed E-state index contributed by atoms with van der Waals surface area (Å²) in [6.45, 7) is 0. The summed E-state index contributed by atoms with van der Waals surface area (Å²) in [6.07, 6.45) is 4.02. The Kier molecular flexibility index (Phi) is 3.73. The first-order valence-electron chi connectivity index (χ1n) is 6.10. The molecule has 2 aromatic heterocycles. The average Bonchev–Trinajstić information content (AvgIpc) is 2.92. The summed E-state index contributed by atoms with van der Waals surface area (Å²) in [5, 5.41) is 5.38. The van der Waals surface area contributed by atoms with Gasteiger partial charge in [0.25, 0.3) is 0 Å². The van der Waals surface area contributed by atoms with E-state index in [1.807, 2.05) is 12.1 Å². The molecule has 3 rings (SSSR count). The second-order valence-corrected chi connectivity index (χ2v) is 5.15. The Morgan fingerprint density at radius 3 is 2.67 bits per heavy atom. The van der Waals surface area contributed by atoms with Gasteiger partial charge in [-0.1, -0.05) is 29.3 Å². The maximum Gasteiger partial charge on any atom is 0.153 e. The minimum Gasteiger partial charge on any atom is -0.298 e. The highest BCUT2D eigenvalue weighted by atomic mass is 35.5. The zero-order chi connectivity index (χ0) is 14.8. The van der Waals surface area contributed by atoms with Gasteiger partial charge in [-0.3, -0.25) is 4.79 Å². The van der Waals surface area contributed by atoms with Crippen molar-refractivity contribution in [3.8, 4) is 17.1 Å². The number of aromatic nitrogens is 3. The molecule has 0 N–H and O–H groups in total. The van der Waals surface area contributed by atoms with E-state index >= 15 is 0 Å². The first-order valence-corrected chi connectivity index (χ1v) is 6.86. The van der Waals surface area contributed by atoms with Crippen LogP contribution in [-0.4, -0.2) is 21.1 Å². The van der Waals surface area contributed by atoms with Crippen LogP contribution in [0.25, 0.3) is 17.1 Å². The Labute approximate surface area is 131 Å². The molecule has 0 saturated heterocycles. The number of pyridine rings is 1. The van der Waals surface area contributed by atoms with Gasteiger partial charge in [0.2, 0.25) is 0 Å². The quantitative estimate of drug-likeness (QED) is 0.684. The standard InChI is InChI=1S/C15H9Cl2N3O/c16-11-4-5-12(13(17)7-11)15-10(9-21)8-20(19-15)14-3-1-2-6-18-14/h1-9H. The van der Waals surface area contributed by atoms with E-state index in [1.54, 1.807) is 41.3 Å². The number of carbonyl (C=O) groups excluding carboxylic acids is 1. The van der Waals surface area contributed by atoms with Gasteiger partial charge in [0.1, 0.15) is 5.69 Å². The van der Waals surface area contributed by atoms with Crippen molar-refractivity contribution >= 4 is 29.5 Å². The largest absolute Gasteiger partial charge is 0.298 e. The second-order valence-electron chi connectivity index (χ2n) is 4.31. The smallest absolute Gasteiger partial charge is 0.153 e. The molecular formula is C15H9Cl2N3O. The molecule has 0 bridgehead atoms. The number of benzene rings is 1. The van der Waals surface area contributed by atoms with E-state index in [-0.39, 0.29) is 0 Å². The van der Waals surface area contributed by atoms with Crippen LogP contribution in [0.15, 0.2) is 48.8 Å². The van der Waals surface area contributed by atoms with Gasteiger partial charge >= 0.3 is 0 Å². The molecule has 4 nitrogen and oxygen atoms in total. The summed E-state index contributed by atoms with van der Waals surface area (Å²) >= 11 is 12.1. The molecule has 0 radical (unpaired) electrons. The van der Waals surface area contributed by atoms with Gasteiger partial charge in [0, 0.05) is 23.0 Å². The highest BCUT2D eigenvalue weighted by Crippen LogP contribution is 2.31. The van der Waals surface area contributed by atoms with E-state index in [1.165, 1.54) is 0 Å². The summed E-state index contributed by atoms with van der Waals surface area (Å²) in [5.41, 5.74) is 1.58. The molecule has 2 heterocycles. The van der Waals surface area contributed by atoms with Gasteiger partial charge in [0.15, 0.2) is 12.1 Å². The lowest BCUT2D eigenvalue weighted by atomic mass is 10.1. The van der Waals surface area contributed by atoms with E-state index < -0.39 is 0 Å². The Morgan fingerprint density at radius 1 is 1.14 bits per heavy atom. The third-order valence-corrected chi connectivity index (χ3v) is 3.49. The molecule has 104 valence electrons. The lowest BCUT2D eigenvalue weighted by molar-refractivity contribution is 0.112. The molecule has 0 unspecified atom stereocenters. The minimum absolute atomic E-state index is 0.435. The van der Waals surface area contributed by atoms with E-state index in [9.17, 15) is 4.79 Å². The van der Waals surface area contributed by atoms with Crippen molar-refractivity contribution in [3.05, 3.63) is 64.4 Å². The molecule has 0 atom stereocenters. The van der Waals surface area contributed by atoms with Crippen molar-refractivity contribution in [2.24, 2.45) is 0 Å². The topological polar surface area (TPSA) is 47.8 Å². The van der Waals surface area contributed by atoms with Crippen LogP contribution in [0.4, 0.5) is 0 Å². The Bertz CT molecular complexity index is 800. The molecule has 3 aromatic rings. The van der Waals surface area contributed by atoms with Crippen molar-refractivity contribution in [1.82, 2.24) is 14.8 Å².